The van der Waals surface area contributed by atoms with Gasteiger partial charge in [0.15, 0.2) is 0 Å². The Hall–Kier alpha value is -1.02. The highest BCUT2D eigenvalue weighted by Crippen LogP contribution is 2.24. The molecule has 0 saturated heterocycles. The second-order valence-electron chi connectivity index (χ2n) is 6.12. The summed E-state index contributed by atoms with van der Waals surface area (Å²) in [5.74, 6) is 0.900. The van der Waals surface area contributed by atoms with Crippen LogP contribution < -0.4 is 10.2 Å². The smallest absolute Gasteiger partial charge is 0.0361 e. The third-order valence-electron chi connectivity index (χ3n) is 4.35. The summed E-state index contributed by atoms with van der Waals surface area (Å²) in [4.78, 5) is 2.14. The molecule has 0 amide bonds. The van der Waals surface area contributed by atoms with Gasteiger partial charge in [-0.1, -0.05) is 31.4 Å². The molecule has 1 atom stereocenters. The lowest BCUT2D eigenvalue weighted by Gasteiger charge is -2.24. The highest BCUT2D eigenvalue weighted by Gasteiger charge is 2.14. The second-order valence-corrected chi connectivity index (χ2v) is 6.12. The van der Waals surface area contributed by atoms with Crippen molar-refractivity contribution in [2.75, 3.05) is 25.5 Å². The largest absolute Gasteiger partial charge is 0.378 e. The van der Waals surface area contributed by atoms with E-state index >= 15 is 0 Å². The molecule has 2 rings (SSSR count). The van der Waals surface area contributed by atoms with Crippen LogP contribution >= 0.6 is 0 Å². The summed E-state index contributed by atoms with van der Waals surface area (Å²) in [5, 5.41) is 3.70. The van der Waals surface area contributed by atoms with Crippen LogP contribution in [0.5, 0.6) is 0 Å². The summed E-state index contributed by atoms with van der Waals surface area (Å²) in [7, 11) is 4.17. The van der Waals surface area contributed by atoms with Gasteiger partial charge in [0.2, 0.25) is 0 Å². The average Bonchev–Trinajstić information content (AvgIpc) is 2.46. The summed E-state index contributed by atoms with van der Waals surface area (Å²) in [6.45, 7) is 3.45. The topological polar surface area (TPSA) is 15.3 Å². The van der Waals surface area contributed by atoms with E-state index in [0.29, 0.717) is 6.04 Å². The van der Waals surface area contributed by atoms with E-state index in [0.717, 1.165) is 5.92 Å². The summed E-state index contributed by atoms with van der Waals surface area (Å²) in [5.41, 5.74) is 2.66. The maximum absolute atomic E-state index is 3.70. The maximum atomic E-state index is 3.70. The number of hydrogen-bond donors (Lipinski definition) is 1. The predicted octanol–water partition coefficient (Wildman–Crippen LogP) is 3.98. The Morgan fingerprint density at radius 1 is 1.11 bits per heavy atom. The van der Waals surface area contributed by atoms with Crippen molar-refractivity contribution in [3.8, 4) is 0 Å². The number of nitrogens with zero attached hydrogens (tertiary/aromatic N) is 1. The molecule has 1 N–H and O–H groups in total. The number of rotatable bonds is 5. The van der Waals surface area contributed by atoms with E-state index < -0.39 is 0 Å². The molecule has 0 aromatic heterocycles. The molecule has 106 valence electrons. The zero-order valence-electron chi connectivity index (χ0n) is 12.7. The van der Waals surface area contributed by atoms with E-state index in [-0.39, 0.29) is 0 Å². The molecule has 0 spiro atoms. The van der Waals surface area contributed by atoms with Crippen molar-refractivity contribution in [2.45, 2.75) is 45.1 Å². The summed E-state index contributed by atoms with van der Waals surface area (Å²) in [6, 6.07) is 9.35. The van der Waals surface area contributed by atoms with E-state index in [9.17, 15) is 0 Å². The molecule has 1 aromatic carbocycles. The SMILES string of the molecule is CC(NCC1CCCCC1)c1ccc(N(C)C)cc1. The Balaban J connectivity index is 1.83. The first-order valence-corrected chi connectivity index (χ1v) is 7.67. The van der Waals surface area contributed by atoms with Crippen LogP contribution in [0, 0.1) is 5.92 Å². The van der Waals surface area contributed by atoms with Crippen molar-refractivity contribution in [3.05, 3.63) is 29.8 Å². The minimum absolute atomic E-state index is 0.457. The van der Waals surface area contributed by atoms with E-state index in [1.54, 1.807) is 0 Å². The van der Waals surface area contributed by atoms with Crippen LogP contribution in [0.15, 0.2) is 24.3 Å². The average molecular weight is 260 g/mol. The maximum Gasteiger partial charge on any atom is 0.0361 e. The quantitative estimate of drug-likeness (QED) is 0.861. The van der Waals surface area contributed by atoms with Gasteiger partial charge in [0.25, 0.3) is 0 Å². The van der Waals surface area contributed by atoms with Gasteiger partial charge in [-0.25, -0.2) is 0 Å². The molecule has 2 nitrogen and oxygen atoms in total. The minimum atomic E-state index is 0.457. The molecular formula is C17H28N2. The number of anilines is 1. The van der Waals surface area contributed by atoms with Gasteiger partial charge in [0.05, 0.1) is 0 Å². The molecule has 1 aliphatic carbocycles. The molecule has 0 heterocycles. The molecule has 19 heavy (non-hydrogen) atoms. The molecule has 1 aromatic rings. The molecule has 1 fully saturated rings. The van der Waals surface area contributed by atoms with E-state index in [1.807, 2.05) is 0 Å². The lowest BCUT2D eigenvalue weighted by Crippen LogP contribution is -2.27. The van der Waals surface area contributed by atoms with Crippen LogP contribution in [-0.2, 0) is 0 Å². The predicted molar refractivity (Wildman–Crippen MR) is 83.8 cm³/mol. The van der Waals surface area contributed by atoms with Gasteiger partial charge >= 0.3 is 0 Å². The van der Waals surface area contributed by atoms with Crippen molar-refractivity contribution >= 4 is 5.69 Å². The minimum Gasteiger partial charge on any atom is -0.378 e. The first-order valence-electron chi connectivity index (χ1n) is 7.67. The highest BCUT2D eigenvalue weighted by atomic mass is 15.1. The molecule has 1 saturated carbocycles. The molecule has 1 aliphatic rings. The third kappa shape index (κ3) is 4.24. The Morgan fingerprint density at radius 2 is 1.74 bits per heavy atom. The molecule has 1 unspecified atom stereocenters. The normalized spacial score (nSPS) is 18.3. The molecule has 0 aliphatic heterocycles. The first kappa shape index (κ1) is 14.4. The summed E-state index contributed by atoms with van der Waals surface area (Å²) in [6.07, 6.45) is 7.13. The Kier molecular flexibility index (Phi) is 5.26. The zero-order valence-corrected chi connectivity index (χ0v) is 12.7. The fourth-order valence-corrected chi connectivity index (χ4v) is 2.91. The van der Waals surface area contributed by atoms with Crippen LogP contribution in [-0.4, -0.2) is 20.6 Å². The Bertz CT molecular complexity index is 363. The Morgan fingerprint density at radius 3 is 2.32 bits per heavy atom. The number of benzene rings is 1. The van der Waals surface area contributed by atoms with E-state index in [4.69, 9.17) is 0 Å². The van der Waals surface area contributed by atoms with Gasteiger partial charge in [-0.15, -0.1) is 0 Å². The lowest BCUT2D eigenvalue weighted by molar-refractivity contribution is 0.331. The van der Waals surface area contributed by atoms with Crippen molar-refractivity contribution < 1.29 is 0 Å². The van der Waals surface area contributed by atoms with Crippen molar-refractivity contribution in [3.63, 3.8) is 0 Å². The Labute approximate surface area is 118 Å². The van der Waals surface area contributed by atoms with Crippen LogP contribution in [0.25, 0.3) is 0 Å². The van der Waals surface area contributed by atoms with Gasteiger partial charge in [-0.2, -0.15) is 0 Å². The van der Waals surface area contributed by atoms with Crippen molar-refractivity contribution in [1.29, 1.82) is 0 Å². The van der Waals surface area contributed by atoms with Crippen LogP contribution in [0.4, 0.5) is 5.69 Å². The fourth-order valence-electron chi connectivity index (χ4n) is 2.91. The van der Waals surface area contributed by atoms with Crippen LogP contribution in [0.3, 0.4) is 0 Å². The third-order valence-corrected chi connectivity index (χ3v) is 4.35. The van der Waals surface area contributed by atoms with Gasteiger partial charge in [-0.3, -0.25) is 0 Å². The summed E-state index contributed by atoms with van der Waals surface area (Å²) >= 11 is 0. The molecule has 0 bridgehead atoms. The highest BCUT2D eigenvalue weighted by molar-refractivity contribution is 5.46. The molecule has 2 heteroatoms. The number of nitrogens with one attached hydrogen (secondary N) is 1. The fraction of sp³-hybridized carbons (Fsp3) is 0.647. The second kappa shape index (κ2) is 6.95. The monoisotopic (exact) mass is 260 g/mol. The first-order chi connectivity index (χ1) is 9.16. The zero-order chi connectivity index (χ0) is 13.7. The van der Waals surface area contributed by atoms with Crippen LogP contribution in [0.2, 0.25) is 0 Å². The van der Waals surface area contributed by atoms with Gasteiger partial charge in [0, 0.05) is 25.8 Å². The molecule has 0 radical (unpaired) electrons. The standard InChI is InChI=1S/C17H28N2/c1-14(18-13-15-7-5-4-6-8-15)16-9-11-17(12-10-16)19(2)3/h9-12,14-15,18H,4-8,13H2,1-3H3. The lowest BCUT2D eigenvalue weighted by atomic mass is 9.89. The van der Waals surface area contributed by atoms with Gasteiger partial charge in [0.1, 0.15) is 0 Å². The van der Waals surface area contributed by atoms with Gasteiger partial charge in [-0.05, 0) is 49.9 Å². The number of hydrogen-bond acceptors (Lipinski definition) is 2. The van der Waals surface area contributed by atoms with E-state index in [2.05, 4.69) is 55.5 Å². The van der Waals surface area contributed by atoms with E-state index in [1.165, 1.54) is 49.9 Å². The van der Waals surface area contributed by atoms with Crippen molar-refractivity contribution in [1.82, 2.24) is 5.32 Å². The molecular weight excluding hydrogens is 232 g/mol. The van der Waals surface area contributed by atoms with Gasteiger partial charge < -0.3 is 10.2 Å². The summed E-state index contributed by atoms with van der Waals surface area (Å²) < 4.78 is 0. The van der Waals surface area contributed by atoms with Crippen LogP contribution in [0.1, 0.15) is 50.6 Å². The van der Waals surface area contributed by atoms with Crippen molar-refractivity contribution in [2.24, 2.45) is 5.92 Å².